The molecule has 1 heterocycles. The minimum atomic E-state index is 0.113. The van der Waals surface area contributed by atoms with Crippen molar-refractivity contribution in [3.05, 3.63) is 35.9 Å². The van der Waals surface area contributed by atoms with Gasteiger partial charge in [0.25, 0.3) is 0 Å². The molecule has 0 amide bonds. The van der Waals surface area contributed by atoms with Crippen LogP contribution in [-0.2, 0) is 4.79 Å². The van der Waals surface area contributed by atoms with Gasteiger partial charge in [-0.25, -0.2) is 4.98 Å². The van der Waals surface area contributed by atoms with Crippen LogP contribution in [0.5, 0.6) is 0 Å². The van der Waals surface area contributed by atoms with E-state index in [4.69, 9.17) is 0 Å². The third kappa shape index (κ3) is 2.66. The Morgan fingerprint density at radius 2 is 2.11 bits per heavy atom. The summed E-state index contributed by atoms with van der Waals surface area (Å²) < 4.78 is 0. The highest BCUT2D eigenvalue weighted by Crippen LogP contribution is 2.32. The zero-order valence-electron chi connectivity index (χ0n) is 11.1. The van der Waals surface area contributed by atoms with Crippen molar-refractivity contribution in [1.82, 2.24) is 4.98 Å². The van der Waals surface area contributed by atoms with E-state index < -0.39 is 0 Å². The molecular weight excluding hydrogens is 254 g/mol. The number of ketones is 1. The minimum Gasteiger partial charge on any atom is -0.298 e. The van der Waals surface area contributed by atoms with Gasteiger partial charge in [-0.1, -0.05) is 36.4 Å². The average Bonchev–Trinajstić information content (AvgIpc) is 2.42. The van der Waals surface area contributed by atoms with Crippen molar-refractivity contribution >= 4 is 28.4 Å². The number of para-hydroxylation sites is 1. The maximum Gasteiger partial charge on any atom is 0.146 e. The van der Waals surface area contributed by atoms with Crippen LogP contribution in [0.3, 0.4) is 0 Å². The number of aromatic nitrogens is 1. The number of rotatable bonds is 2. The Labute approximate surface area is 117 Å². The van der Waals surface area contributed by atoms with E-state index in [0.717, 1.165) is 36.2 Å². The molecule has 1 atom stereocenters. The van der Waals surface area contributed by atoms with E-state index in [2.05, 4.69) is 24.0 Å². The largest absolute Gasteiger partial charge is 0.298 e. The lowest BCUT2D eigenvalue weighted by molar-refractivity contribution is -0.119. The summed E-state index contributed by atoms with van der Waals surface area (Å²) in [6.45, 7) is 2.11. The first-order valence-corrected chi connectivity index (χ1v) is 7.68. The summed E-state index contributed by atoms with van der Waals surface area (Å²) in [5, 5.41) is 2.29. The van der Waals surface area contributed by atoms with Crippen LogP contribution in [0.25, 0.3) is 10.9 Å². The summed E-state index contributed by atoms with van der Waals surface area (Å²) in [6.07, 6.45) is 3.96. The maximum absolute atomic E-state index is 11.9. The molecule has 2 nitrogen and oxygen atoms in total. The van der Waals surface area contributed by atoms with Gasteiger partial charge >= 0.3 is 0 Å². The molecule has 0 radical (unpaired) electrons. The Bertz CT molecular complexity index is 623. The van der Waals surface area contributed by atoms with Crippen LogP contribution in [-0.4, -0.2) is 16.0 Å². The Morgan fingerprint density at radius 1 is 1.26 bits per heavy atom. The van der Waals surface area contributed by atoms with Crippen molar-refractivity contribution in [3.8, 4) is 0 Å². The fraction of sp³-hybridized carbons (Fsp3) is 0.375. The number of nitrogens with zero attached hydrogens (tertiary/aromatic N) is 1. The molecule has 1 fully saturated rings. The van der Waals surface area contributed by atoms with E-state index >= 15 is 0 Å². The predicted molar refractivity (Wildman–Crippen MR) is 79.6 cm³/mol. The van der Waals surface area contributed by atoms with E-state index in [1.807, 2.05) is 18.2 Å². The molecule has 1 aliphatic carbocycles. The highest BCUT2D eigenvalue weighted by Gasteiger charge is 2.23. The molecule has 0 N–H and O–H groups in total. The summed E-state index contributed by atoms with van der Waals surface area (Å²) in [5.74, 6) is 0.392. The molecule has 1 aromatic carbocycles. The monoisotopic (exact) mass is 271 g/mol. The van der Waals surface area contributed by atoms with Gasteiger partial charge < -0.3 is 0 Å². The third-order valence-corrected chi connectivity index (χ3v) is 4.89. The van der Waals surface area contributed by atoms with Crippen LogP contribution < -0.4 is 0 Å². The smallest absolute Gasteiger partial charge is 0.146 e. The number of aryl methyl sites for hydroxylation is 1. The number of thioether (sulfide) groups is 1. The lowest BCUT2D eigenvalue weighted by Gasteiger charge is -2.19. The van der Waals surface area contributed by atoms with Gasteiger partial charge in [0.05, 0.1) is 15.8 Å². The number of fused-ring (bicyclic) bond motifs is 1. The molecule has 0 spiro atoms. The molecule has 2 aromatic rings. The summed E-state index contributed by atoms with van der Waals surface area (Å²) in [5.41, 5.74) is 2.25. The van der Waals surface area contributed by atoms with Crippen LogP contribution in [0.4, 0.5) is 0 Å². The summed E-state index contributed by atoms with van der Waals surface area (Å²) >= 11 is 1.64. The lowest BCUT2D eigenvalue weighted by atomic mass is 9.99. The normalized spacial score (nSPS) is 19.8. The van der Waals surface area contributed by atoms with E-state index in [1.165, 1.54) is 10.9 Å². The third-order valence-electron chi connectivity index (χ3n) is 3.66. The molecule has 0 aliphatic heterocycles. The number of pyridine rings is 1. The van der Waals surface area contributed by atoms with Crippen molar-refractivity contribution < 1.29 is 4.79 Å². The van der Waals surface area contributed by atoms with Crippen LogP contribution in [0.2, 0.25) is 0 Å². The first kappa shape index (κ1) is 12.7. The van der Waals surface area contributed by atoms with Gasteiger partial charge in [0.15, 0.2) is 0 Å². The van der Waals surface area contributed by atoms with Gasteiger partial charge in [-0.3, -0.25) is 4.79 Å². The number of hydrogen-bond acceptors (Lipinski definition) is 3. The first-order valence-electron chi connectivity index (χ1n) is 6.80. The van der Waals surface area contributed by atoms with Crippen LogP contribution >= 0.6 is 11.8 Å². The molecular formula is C16H17NOS. The fourth-order valence-electron chi connectivity index (χ4n) is 2.60. The van der Waals surface area contributed by atoms with Crippen molar-refractivity contribution in [1.29, 1.82) is 0 Å². The number of Topliss-reactive ketones (excluding diaryl/α,β-unsaturated/α-hetero) is 1. The Kier molecular flexibility index (Phi) is 3.56. The molecule has 3 rings (SSSR count). The molecule has 1 saturated carbocycles. The molecule has 3 heteroatoms. The maximum atomic E-state index is 11.9. The Hall–Kier alpha value is -1.35. The summed E-state index contributed by atoms with van der Waals surface area (Å²) in [7, 11) is 0. The van der Waals surface area contributed by atoms with Gasteiger partial charge in [0.1, 0.15) is 5.78 Å². The number of carbonyl (C=O) groups is 1. The van der Waals surface area contributed by atoms with Crippen LogP contribution in [0.1, 0.15) is 31.2 Å². The summed E-state index contributed by atoms with van der Waals surface area (Å²) in [4.78, 5) is 16.6. The highest BCUT2D eigenvalue weighted by atomic mass is 32.2. The predicted octanol–water partition coefficient (Wildman–Crippen LogP) is 4.15. The lowest BCUT2D eigenvalue weighted by Crippen LogP contribution is -2.21. The molecule has 1 aromatic heterocycles. The second-order valence-electron chi connectivity index (χ2n) is 5.11. The van der Waals surface area contributed by atoms with Gasteiger partial charge in [0.2, 0.25) is 0 Å². The Morgan fingerprint density at radius 3 is 2.95 bits per heavy atom. The van der Waals surface area contributed by atoms with Crippen LogP contribution in [0.15, 0.2) is 35.4 Å². The number of hydrogen-bond donors (Lipinski definition) is 0. The quantitative estimate of drug-likeness (QED) is 0.822. The van der Waals surface area contributed by atoms with Crippen molar-refractivity contribution in [2.24, 2.45) is 0 Å². The standard InChI is InChI=1S/C16H17NOS/c1-11-10-16(17-13-7-3-2-6-12(11)13)19-15-9-5-4-8-14(15)18/h2-3,6-7,10,15H,4-5,8-9H2,1H3. The second-order valence-corrected chi connectivity index (χ2v) is 6.34. The molecule has 1 unspecified atom stereocenters. The van der Waals surface area contributed by atoms with E-state index in [9.17, 15) is 4.79 Å². The molecule has 1 aliphatic rings. The fourth-order valence-corrected chi connectivity index (χ4v) is 3.82. The minimum absolute atomic E-state index is 0.113. The summed E-state index contributed by atoms with van der Waals surface area (Å²) in [6, 6.07) is 10.3. The zero-order chi connectivity index (χ0) is 13.2. The van der Waals surface area contributed by atoms with Crippen molar-refractivity contribution in [2.45, 2.75) is 42.9 Å². The van der Waals surface area contributed by atoms with Gasteiger partial charge in [0, 0.05) is 11.8 Å². The molecule has 0 bridgehead atoms. The highest BCUT2D eigenvalue weighted by molar-refractivity contribution is 8.00. The second kappa shape index (κ2) is 5.33. The topological polar surface area (TPSA) is 30.0 Å². The number of carbonyl (C=O) groups excluding carboxylic acids is 1. The Balaban J connectivity index is 1.90. The van der Waals surface area contributed by atoms with E-state index in [-0.39, 0.29) is 5.25 Å². The van der Waals surface area contributed by atoms with Crippen LogP contribution in [0, 0.1) is 6.92 Å². The molecule has 98 valence electrons. The van der Waals surface area contributed by atoms with Crippen molar-refractivity contribution in [3.63, 3.8) is 0 Å². The van der Waals surface area contributed by atoms with E-state index in [0.29, 0.717) is 5.78 Å². The molecule has 19 heavy (non-hydrogen) atoms. The van der Waals surface area contributed by atoms with Gasteiger partial charge in [-0.15, -0.1) is 0 Å². The van der Waals surface area contributed by atoms with Gasteiger partial charge in [-0.05, 0) is 37.5 Å². The zero-order valence-corrected chi connectivity index (χ0v) is 11.9. The first-order chi connectivity index (χ1) is 9.24. The number of benzene rings is 1. The molecule has 0 saturated heterocycles. The van der Waals surface area contributed by atoms with Crippen molar-refractivity contribution in [2.75, 3.05) is 0 Å². The SMILES string of the molecule is Cc1cc(SC2CCCCC2=O)nc2ccccc12. The van der Waals surface area contributed by atoms with E-state index in [1.54, 1.807) is 11.8 Å². The average molecular weight is 271 g/mol. The van der Waals surface area contributed by atoms with Gasteiger partial charge in [-0.2, -0.15) is 0 Å².